The number of hydrogen-bond donors (Lipinski definition) is 2. The van der Waals surface area contributed by atoms with E-state index in [1.54, 1.807) is 19.5 Å². The largest absolute Gasteiger partial charge is 0.497 e. The van der Waals surface area contributed by atoms with Crippen molar-refractivity contribution in [3.05, 3.63) is 53.9 Å². The van der Waals surface area contributed by atoms with Crippen molar-refractivity contribution in [1.29, 1.82) is 0 Å². The molecule has 2 heterocycles. The van der Waals surface area contributed by atoms with Crippen LogP contribution in [0, 0.1) is 0 Å². The van der Waals surface area contributed by atoms with Crippen molar-refractivity contribution in [2.75, 3.05) is 51.8 Å². The minimum absolute atomic E-state index is 0.108. The van der Waals surface area contributed by atoms with E-state index in [0.717, 1.165) is 49.8 Å². The van der Waals surface area contributed by atoms with Crippen molar-refractivity contribution in [3.8, 4) is 5.75 Å². The highest BCUT2D eigenvalue weighted by Crippen LogP contribution is 2.14. The maximum atomic E-state index is 12.3. The predicted octanol–water partition coefficient (Wildman–Crippen LogP) is 1.76. The Labute approximate surface area is 159 Å². The van der Waals surface area contributed by atoms with Crippen LogP contribution in [0.25, 0.3) is 0 Å². The number of nitrogens with one attached hydrogen (secondary N) is 2. The van der Waals surface area contributed by atoms with Crippen molar-refractivity contribution in [3.63, 3.8) is 0 Å². The van der Waals surface area contributed by atoms with Crippen molar-refractivity contribution >= 4 is 11.6 Å². The molecule has 1 aromatic carbocycles. The Morgan fingerprint density at radius 3 is 2.74 bits per heavy atom. The number of carbonyl (C=O) groups is 1. The van der Waals surface area contributed by atoms with E-state index in [9.17, 15) is 4.79 Å². The summed E-state index contributed by atoms with van der Waals surface area (Å²) < 4.78 is 10.5. The predicted molar refractivity (Wildman–Crippen MR) is 104 cm³/mol. The van der Waals surface area contributed by atoms with Gasteiger partial charge in [-0.05, 0) is 23.8 Å². The SMILES string of the molecule is COc1ccc(CNc2cncc(C(=O)NCCN3CCOCC3)c2)cc1. The van der Waals surface area contributed by atoms with Gasteiger partial charge in [-0.3, -0.25) is 14.7 Å². The van der Waals surface area contributed by atoms with Crippen LogP contribution >= 0.6 is 0 Å². The average Bonchev–Trinajstić information content (AvgIpc) is 2.73. The highest BCUT2D eigenvalue weighted by Gasteiger charge is 2.11. The standard InChI is InChI=1S/C20H26N4O3/c1-26-19-4-2-16(3-5-19)13-23-18-12-17(14-21-15-18)20(25)22-6-7-24-8-10-27-11-9-24/h2-5,12,14-15,23H,6-11,13H2,1H3,(H,22,25). The molecule has 0 radical (unpaired) electrons. The van der Waals surface area contributed by atoms with Crippen molar-refractivity contribution in [2.24, 2.45) is 0 Å². The number of benzene rings is 1. The Hall–Kier alpha value is -2.64. The highest BCUT2D eigenvalue weighted by atomic mass is 16.5. The molecule has 0 unspecified atom stereocenters. The van der Waals surface area contributed by atoms with Gasteiger partial charge in [0, 0.05) is 45.1 Å². The van der Waals surface area contributed by atoms with Crippen molar-refractivity contribution in [2.45, 2.75) is 6.54 Å². The number of amides is 1. The Kier molecular flexibility index (Phi) is 7.01. The van der Waals surface area contributed by atoms with Crippen LogP contribution in [0.5, 0.6) is 5.75 Å². The van der Waals surface area contributed by atoms with Crippen molar-refractivity contribution in [1.82, 2.24) is 15.2 Å². The Bertz CT molecular complexity index is 730. The smallest absolute Gasteiger partial charge is 0.252 e. The van der Waals surface area contributed by atoms with E-state index < -0.39 is 0 Å². The quantitative estimate of drug-likeness (QED) is 0.738. The summed E-state index contributed by atoms with van der Waals surface area (Å²) in [7, 11) is 1.65. The van der Waals surface area contributed by atoms with E-state index in [0.29, 0.717) is 18.7 Å². The van der Waals surface area contributed by atoms with Crippen molar-refractivity contribution < 1.29 is 14.3 Å². The van der Waals surface area contributed by atoms with Crippen LogP contribution in [0.4, 0.5) is 5.69 Å². The molecule has 2 N–H and O–H groups in total. The number of carbonyl (C=O) groups excluding carboxylic acids is 1. The van der Waals surface area contributed by atoms with Gasteiger partial charge in [-0.15, -0.1) is 0 Å². The highest BCUT2D eigenvalue weighted by molar-refractivity contribution is 5.94. The first kappa shape index (κ1) is 19.1. The van der Waals surface area contributed by atoms with Gasteiger partial charge in [-0.2, -0.15) is 0 Å². The van der Waals surface area contributed by atoms with Crippen LogP contribution in [0.1, 0.15) is 15.9 Å². The maximum Gasteiger partial charge on any atom is 0.252 e. The van der Waals surface area contributed by atoms with Gasteiger partial charge in [-0.25, -0.2) is 0 Å². The molecule has 0 atom stereocenters. The maximum absolute atomic E-state index is 12.3. The lowest BCUT2D eigenvalue weighted by Crippen LogP contribution is -2.41. The zero-order valence-electron chi connectivity index (χ0n) is 15.6. The molecule has 7 heteroatoms. The fourth-order valence-electron chi connectivity index (χ4n) is 2.86. The molecule has 1 amide bonds. The molecule has 1 aliphatic heterocycles. The number of nitrogens with zero attached hydrogens (tertiary/aromatic N) is 2. The molecule has 144 valence electrons. The number of aromatic nitrogens is 1. The normalized spacial score (nSPS) is 14.6. The summed E-state index contributed by atoms with van der Waals surface area (Å²) in [6.07, 6.45) is 3.30. The number of hydrogen-bond acceptors (Lipinski definition) is 6. The summed E-state index contributed by atoms with van der Waals surface area (Å²) in [5, 5.41) is 6.25. The zero-order valence-corrected chi connectivity index (χ0v) is 15.6. The molecule has 27 heavy (non-hydrogen) atoms. The lowest BCUT2D eigenvalue weighted by Gasteiger charge is -2.26. The summed E-state index contributed by atoms with van der Waals surface area (Å²) in [6, 6.07) is 9.67. The molecular formula is C20H26N4O3. The molecule has 1 fully saturated rings. The summed E-state index contributed by atoms with van der Waals surface area (Å²) in [5.74, 6) is 0.722. The first-order chi connectivity index (χ1) is 13.2. The van der Waals surface area contributed by atoms with Gasteiger partial charge in [0.1, 0.15) is 5.75 Å². The van der Waals surface area contributed by atoms with Gasteiger partial charge >= 0.3 is 0 Å². The molecule has 0 bridgehead atoms. The second-order valence-corrected chi connectivity index (χ2v) is 6.37. The van der Waals surface area contributed by atoms with Crippen LogP contribution in [0.3, 0.4) is 0 Å². The second kappa shape index (κ2) is 9.89. The van der Waals surface area contributed by atoms with Crippen LogP contribution in [0.15, 0.2) is 42.7 Å². The number of anilines is 1. The minimum Gasteiger partial charge on any atom is -0.497 e. The fourth-order valence-corrected chi connectivity index (χ4v) is 2.86. The topological polar surface area (TPSA) is 75.7 Å². The number of pyridine rings is 1. The molecule has 0 saturated carbocycles. The molecular weight excluding hydrogens is 344 g/mol. The van der Waals surface area contributed by atoms with E-state index in [1.807, 2.05) is 30.3 Å². The molecule has 1 saturated heterocycles. The number of ether oxygens (including phenoxy) is 2. The molecule has 7 nitrogen and oxygen atoms in total. The molecule has 3 rings (SSSR count). The molecule has 1 aliphatic rings. The summed E-state index contributed by atoms with van der Waals surface area (Å²) in [6.45, 7) is 5.46. The summed E-state index contributed by atoms with van der Waals surface area (Å²) >= 11 is 0. The van der Waals surface area contributed by atoms with Gasteiger partial charge in [0.2, 0.25) is 0 Å². The first-order valence-electron chi connectivity index (χ1n) is 9.15. The third kappa shape index (κ3) is 5.94. The third-order valence-electron chi connectivity index (χ3n) is 4.47. The zero-order chi connectivity index (χ0) is 18.9. The summed E-state index contributed by atoms with van der Waals surface area (Å²) in [4.78, 5) is 18.8. The molecule has 1 aromatic heterocycles. The number of morpholine rings is 1. The van der Waals surface area contributed by atoms with Crippen LogP contribution in [0.2, 0.25) is 0 Å². The van der Waals surface area contributed by atoms with E-state index >= 15 is 0 Å². The first-order valence-corrected chi connectivity index (χ1v) is 9.15. The van der Waals surface area contributed by atoms with E-state index in [4.69, 9.17) is 9.47 Å². The van der Waals surface area contributed by atoms with E-state index in [1.165, 1.54) is 0 Å². The lowest BCUT2D eigenvalue weighted by atomic mass is 10.2. The fraction of sp³-hybridized carbons (Fsp3) is 0.400. The number of rotatable bonds is 8. The molecule has 0 aliphatic carbocycles. The van der Waals surface area contributed by atoms with Gasteiger partial charge in [-0.1, -0.05) is 12.1 Å². The van der Waals surface area contributed by atoms with Gasteiger partial charge in [0.05, 0.1) is 31.6 Å². The van der Waals surface area contributed by atoms with Gasteiger partial charge < -0.3 is 20.1 Å². The van der Waals surface area contributed by atoms with Crippen LogP contribution in [-0.4, -0.2) is 62.3 Å². The lowest BCUT2D eigenvalue weighted by molar-refractivity contribution is 0.0383. The van der Waals surface area contributed by atoms with Crippen LogP contribution in [-0.2, 0) is 11.3 Å². The average molecular weight is 370 g/mol. The molecule has 2 aromatic rings. The molecule has 0 spiro atoms. The second-order valence-electron chi connectivity index (χ2n) is 6.37. The van der Waals surface area contributed by atoms with E-state index in [2.05, 4.69) is 20.5 Å². The van der Waals surface area contributed by atoms with E-state index in [-0.39, 0.29) is 5.91 Å². The van der Waals surface area contributed by atoms with Gasteiger partial charge in [0.15, 0.2) is 0 Å². The Balaban J connectivity index is 1.47. The Morgan fingerprint density at radius 1 is 1.22 bits per heavy atom. The third-order valence-corrected chi connectivity index (χ3v) is 4.47. The minimum atomic E-state index is -0.108. The summed E-state index contributed by atoms with van der Waals surface area (Å²) in [5.41, 5.74) is 2.49. The number of methoxy groups -OCH3 is 1. The Morgan fingerprint density at radius 2 is 2.00 bits per heavy atom. The van der Waals surface area contributed by atoms with Gasteiger partial charge in [0.25, 0.3) is 5.91 Å². The van der Waals surface area contributed by atoms with Crippen LogP contribution < -0.4 is 15.4 Å². The monoisotopic (exact) mass is 370 g/mol.